The van der Waals surface area contributed by atoms with Gasteiger partial charge in [0.15, 0.2) is 5.78 Å². The van der Waals surface area contributed by atoms with Gasteiger partial charge < -0.3 is 5.32 Å². The first-order chi connectivity index (χ1) is 18.4. The molecule has 0 radical (unpaired) electrons. The van der Waals surface area contributed by atoms with Gasteiger partial charge >= 0.3 is 0 Å². The van der Waals surface area contributed by atoms with E-state index in [4.69, 9.17) is 0 Å². The van der Waals surface area contributed by atoms with Crippen LogP contribution in [0.1, 0.15) is 66.2 Å². The Morgan fingerprint density at radius 3 is 2.71 bits per heavy atom. The first-order valence-corrected chi connectivity index (χ1v) is 13.2. The van der Waals surface area contributed by atoms with Gasteiger partial charge in [0.2, 0.25) is 11.8 Å². The highest BCUT2D eigenvalue weighted by Gasteiger charge is 2.29. The van der Waals surface area contributed by atoms with Gasteiger partial charge in [-0.1, -0.05) is 49.4 Å². The smallest absolute Gasteiger partial charge is 0.230 e. The minimum absolute atomic E-state index is 0.0662. The van der Waals surface area contributed by atoms with Crippen molar-refractivity contribution >= 4 is 23.1 Å². The zero-order chi connectivity index (χ0) is 26.6. The van der Waals surface area contributed by atoms with Crippen LogP contribution in [0.3, 0.4) is 0 Å². The molecule has 2 aromatic heterocycles. The minimum atomic E-state index is -0.461. The number of pyridine rings is 1. The van der Waals surface area contributed by atoms with Gasteiger partial charge in [-0.15, -0.1) is 0 Å². The average molecular weight is 509 g/mol. The number of amides is 2. The Morgan fingerprint density at radius 1 is 1.13 bits per heavy atom. The number of aromatic nitrogens is 2. The second-order valence-electron chi connectivity index (χ2n) is 9.95. The van der Waals surface area contributed by atoms with Crippen molar-refractivity contribution in [3.8, 4) is 11.3 Å². The summed E-state index contributed by atoms with van der Waals surface area (Å²) in [6.45, 7) is 4.89. The van der Waals surface area contributed by atoms with E-state index in [0.717, 1.165) is 27.9 Å². The van der Waals surface area contributed by atoms with Crippen LogP contribution in [0.25, 0.3) is 16.8 Å². The number of ketones is 1. The van der Waals surface area contributed by atoms with E-state index in [1.807, 2.05) is 37.6 Å². The molecule has 5 rings (SSSR count). The molecule has 1 unspecified atom stereocenters. The van der Waals surface area contributed by atoms with Gasteiger partial charge in [0.1, 0.15) is 0 Å². The molecule has 3 heterocycles. The van der Waals surface area contributed by atoms with Crippen molar-refractivity contribution in [1.29, 1.82) is 0 Å². The van der Waals surface area contributed by atoms with E-state index in [2.05, 4.69) is 69.4 Å². The Morgan fingerprint density at radius 2 is 1.95 bits per heavy atom. The molecule has 194 valence electrons. The lowest BCUT2D eigenvalue weighted by molar-refractivity contribution is -0.136. The van der Waals surface area contributed by atoms with Gasteiger partial charge in [-0.2, -0.15) is 0 Å². The maximum absolute atomic E-state index is 13.2. The van der Waals surface area contributed by atoms with Crippen molar-refractivity contribution in [1.82, 2.24) is 20.0 Å². The number of benzene rings is 2. The largest absolute Gasteiger partial charge is 0.306 e. The summed E-state index contributed by atoms with van der Waals surface area (Å²) in [5.41, 5.74) is 6.97. The number of rotatable bonds is 9. The van der Waals surface area contributed by atoms with Gasteiger partial charge in [0.25, 0.3) is 0 Å². The maximum Gasteiger partial charge on any atom is 0.230 e. The normalized spacial score (nSPS) is 16.4. The minimum Gasteiger partial charge on any atom is -0.306 e. The fraction of sp³-hybridized carbons (Fsp3) is 0.290. The number of carbonyl (C=O) groups is 3. The SMILES string of the molecule is CCc1cc(-c2cc(CN[C@@H](C)c3ccccc3)cc3cncn23)ccc1C(=O)CC1CCC(=O)NC1=O. The number of imidazole rings is 1. The molecule has 0 spiro atoms. The number of nitrogens with one attached hydrogen (secondary N) is 2. The van der Waals surface area contributed by atoms with Crippen LogP contribution in [-0.4, -0.2) is 27.0 Å². The third-order valence-corrected chi connectivity index (χ3v) is 7.36. The predicted molar refractivity (Wildman–Crippen MR) is 147 cm³/mol. The summed E-state index contributed by atoms with van der Waals surface area (Å²) in [6.07, 6.45) is 5.15. The molecule has 0 bridgehead atoms. The Labute approximate surface area is 222 Å². The number of aryl methyl sites for hydroxylation is 1. The number of fused-ring (bicyclic) bond motifs is 1. The summed E-state index contributed by atoms with van der Waals surface area (Å²) in [5, 5.41) is 5.96. The molecule has 0 aliphatic carbocycles. The van der Waals surface area contributed by atoms with E-state index >= 15 is 0 Å². The molecule has 7 nitrogen and oxygen atoms in total. The Hall–Kier alpha value is -4.10. The quantitative estimate of drug-likeness (QED) is 0.244. The van der Waals surface area contributed by atoms with Crippen LogP contribution in [-0.2, 0) is 22.6 Å². The first-order valence-electron chi connectivity index (χ1n) is 13.2. The number of hydrogen-bond donors (Lipinski definition) is 2. The molecule has 1 saturated heterocycles. The first kappa shape index (κ1) is 25.5. The summed E-state index contributed by atoms with van der Waals surface area (Å²) < 4.78 is 2.06. The van der Waals surface area contributed by atoms with Crippen LogP contribution in [0.5, 0.6) is 0 Å². The Balaban J connectivity index is 1.39. The van der Waals surface area contributed by atoms with Gasteiger partial charge in [-0.25, -0.2) is 4.98 Å². The zero-order valence-electron chi connectivity index (χ0n) is 21.7. The number of Topliss-reactive ketones (excluding diaryl/α,β-unsaturated/α-hetero) is 1. The lowest BCUT2D eigenvalue weighted by Gasteiger charge is -2.20. The molecule has 1 aliphatic heterocycles. The molecule has 2 N–H and O–H groups in total. The fourth-order valence-corrected chi connectivity index (χ4v) is 5.13. The molecule has 38 heavy (non-hydrogen) atoms. The van der Waals surface area contributed by atoms with Gasteiger partial charge in [-0.3, -0.25) is 24.1 Å². The van der Waals surface area contributed by atoms with Crippen LogP contribution >= 0.6 is 0 Å². The summed E-state index contributed by atoms with van der Waals surface area (Å²) in [5.74, 6) is -1.14. The summed E-state index contributed by atoms with van der Waals surface area (Å²) >= 11 is 0. The van der Waals surface area contributed by atoms with Crippen molar-refractivity contribution in [3.63, 3.8) is 0 Å². The maximum atomic E-state index is 13.2. The molecule has 2 amide bonds. The lowest BCUT2D eigenvalue weighted by atomic mass is 9.88. The van der Waals surface area contributed by atoms with Crippen LogP contribution in [0.2, 0.25) is 0 Å². The monoisotopic (exact) mass is 508 g/mol. The third kappa shape index (κ3) is 5.43. The summed E-state index contributed by atoms with van der Waals surface area (Å²) in [4.78, 5) is 41.2. The third-order valence-electron chi connectivity index (χ3n) is 7.36. The summed E-state index contributed by atoms with van der Waals surface area (Å²) in [7, 11) is 0. The number of hydrogen-bond acceptors (Lipinski definition) is 5. The highest BCUT2D eigenvalue weighted by Crippen LogP contribution is 2.28. The highest BCUT2D eigenvalue weighted by molar-refractivity contribution is 6.04. The topological polar surface area (TPSA) is 92.6 Å². The lowest BCUT2D eigenvalue weighted by Crippen LogP contribution is -2.41. The molecule has 1 aliphatic rings. The highest BCUT2D eigenvalue weighted by atomic mass is 16.2. The second kappa shape index (κ2) is 11.1. The van der Waals surface area contributed by atoms with Crippen LogP contribution in [0.15, 0.2) is 73.2 Å². The Bertz CT molecular complexity index is 1490. The van der Waals surface area contributed by atoms with Crippen molar-refractivity contribution in [3.05, 3.63) is 95.4 Å². The van der Waals surface area contributed by atoms with Gasteiger partial charge in [0.05, 0.1) is 23.7 Å². The van der Waals surface area contributed by atoms with Crippen LogP contribution < -0.4 is 10.6 Å². The average Bonchev–Trinajstić information content (AvgIpc) is 3.41. The predicted octanol–water partition coefficient (Wildman–Crippen LogP) is 5.04. The van der Waals surface area contributed by atoms with Crippen LogP contribution in [0.4, 0.5) is 0 Å². The van der Waals surface area contributed by atoms with Gasteiger partial charge in [-0.05, 0) is 60.2 Å². The molecule has 2 atom stereocenters. The van der Waals surface area contributed by atoms with Crippen molar-refractivity contribution in [2.24, 2.45) is 5.92 Å². The van der Waals surface area contributed by atoms with Crippen molar-refractivity contribution < 1.29 is 14.4 Å². The van der Waals surface area contributed by atoms with E-state index < -0.39 is 5.92 Å². The molecule has 4 aromatic rings. The Kier molecular flexibility index (Phi) is 7.47. The number of nitrogens with zero attached hydrogens (tertiary/aromatic N) is 2. The van der Waals surface area contributed by atoms with Gasteiger partial charge in [0, 0.05) is 36.9 Å². The second-order valence-corrected chi connectivity index (χ2v) is 9.95. The standard InChI is InChI=1S/C31H32N4O3/c1-3-22-15-24(9-11-27(22)29(36)16-25-10-12-30(37)34-31(25)38)28-14-21(13-26-18-32-19-35(26)28)17-33-20(2)23-7-5-4-6-8-23/h4-9,11,13-15,18-20,25,33H,3,10,12,16-17H2,1-2H3,(H,34,37,38)/t20-,25?/m0/s1. The molecular formula is C31H32N4O3. The molecule has 7 heteroatoms. The van der Waals surface area contributed by atoms with Crippen molar-refractivity contribution in [2.45, 2.75) is 52.1 Å². The number of carbonyl (C=O) groups excluding carboxylic acids is 3. The van der Waals surface area contributed by atoms with E-state index in [-0.39, 0.29) is 36.5 Å². The number of piperidine rings is 1. The summed E-state index contributed by atoms with van der Waals surface area (Å²) in [6, 6.07) is 20.8. The van der Waals surface area contributed by atoms with E-state index in [0.29, 0.717) is 24.9 Å². The fourth-order valence-electron chi connectivity index (χ4n) is 5.13. The van der Waals surface area contributed by atoms with Crippen molar-refractivity contribution in [2.75, 3.05) is 0 Å². The van der Waals surface area contributed by atoms with E-state index in [1.54, 1.807) is 0 Å². The zero-order valence-corrected chi connectivity index (χ0v) is 21.7. The molecule has 2 aromatic carbocycles. The van der Waals surface area contributed by atoms with Crippen LogP contribution in [0, 0.1) is 5.92 Å². The van der Waals surface area contributed by atoms with E-state index in [1.165, 1.54) is 5.56 Å². The molecule has 0 saturated carbocycles. The molecular weight excluding hydrogens is 476 g/mol. The number of imide groups is 1. The molecule has 1 fully saturated rings. The van der Waals surface area contributed by atoms with E-state index in [9.17, 15) is 14.4 Å².